The second-order valence-electron chi connectivity index (χ2n) is 8.02. The van der Waals surface area contributed by atoms with Gasteiger partial charge in [-0.15, -0.1) is 0 Å². The van der Waals surface area contributed by atoms with E-state index in [1.54, 1.807) is 30.3 Å². The smallest absolute Gasteiger partial charge is 0.274 e. The van der Waals surface area contributed by atoms with Crippen LogP contribution in [0.25, 0.3) is 0 Å². The van der Waals surface area contributed by atoms with Crippen molar-refractivity contribution in [2.45, 2.75) is 38.3 Å². The molecule has 4 heterocycles. The summed E-state index contributed by atoms with van der Waals surface area (Å²) in [5.74, 6) is 0.993. The topological polar surface area (TPSA) is 97.9 Å². The summed E-state index contributed by atoms with van der Waals surface area (Å²) in [4.78, 5) is 31.7. The largest absolute Gasteiger partial charge is 0.345 e. The highest BCUT2D eigenvalue weighted by Crippen LogP contribution is 2.48. The van der Waals surface area contributed by atoms with Crippen LogP contribution in [-0.2, 0) is 18.4 Å². The summed E-state index contributed by atoms with van der Waals surface area (Å²) in [6, 6.07) is 1.54. The van der Waals surface area contributed by atoms with Gasteiger partial charge in [0, 0.05) is 44.2 Å². The van der Waals surface area contributed by atoms with E-state index in [1.807, 2.05) is 9.58 Å². The average Bonchev–Trinajstić information content (AvgIpc) is 3.05. The van der Waals surface area contributed by atoms with Gasteiger partial charge in [0.25, 0.3) is 5.91 Å². The number of hydrogen-bond acceptors (Lipinski definition) is 5. The second-order valence-corrected chi connectivity index (χ2v) is 8.02. The predicted octanol–water partition coefficient (Wildman–Crippen LogP) is 0.515. The number of aryl methyl sites for hydroxylation is 2. The van der Waals surface area contributed by atoms with Crippen LogP contribution < -0.4 is 5.32 Å². The molecular weight excluding hydrogens is 346 g/mol. The monoisotopic (exact) mass is 369 g/mol. The molecule has 2 aromatic heterocycles. The van der Waals surface area contributed by atoms with Crippen LogP contribution in [0, 0.1) is 11.3 Å². The summed E-state index contributed by atoms with van der Waals surface area (Å²) in [5, 5.41) is 11.8. The van der Waals surface area contributed by atoms with Crippen LogP contribution in [0.1, 0.15) is 48.0 Å². The molecule has 2 fully saturated rings. The molecule has 1 saturated carbocycles. The highest BCUT2D eigenvalue weighted by Gasteiger charge is 2.51. The lowest BCUT2D eigenvalue weighted by molar-refractivity contribution is -0.124. The molecule has 1 spiro atoms. The zero-order chi connectivity index (χ0) is 18.6. The van der Waals surface area contributed by atoms with Crippen LogP contribution in [0.3, 0.4) is 0 Å². The van der Waals surface area contributed by atoms with E-state index in [2.05, 4.69) is 20.5 Å². The Bertz CT molecular complexity index is 899. The number of likely N-dealkylation sites (tertiary alicyclic amines) is 1. The van der Waals surface area contributed by atoms with Gasteiger partial charge in [0.15, 0.2) is 0 Å². The van der Waals surface area contributed by atoms with Crippen molar-refractivity contribution in [3.05, 3.63) is 30.1 Å². The summed E-state index contributed by atoms with van der Waals surface area (Å²) in [5.41, 5.74) is 0.268. The van der Waals surface area contributed by atoms with Crippen LogP contribution in [-0.4, -0.2) is 54.3 Å². The van der Waals surface area contributed by atoms with Gasteiger partial charge in [0.1, 0.15) is 17.8 Å². The van der Waals surface area contributed by atoms with E-state index in [0.717, 1.165) is 38.1 Å². The molecular formula is C18H23N7O2. The Balaban J connectivity index is 1.41. The van der Waals surface area contributed by atoms with E-state index in [0.29, 0.717) is 18.8 Å². The zero-order valence-corrected chi connectivity index (χ0v) is 15.3. The van der Waals surface area contributed by atoms with Crippen LogP contribution >= 0.6 is 0 Å². The molecule has 0 radical (unpaired) electrons. The molecule has 2 aromatic rings. The number of nitrogens with one attached hydrogen (secondary N) is 1. The number of hydrogen-bond donors (Lipinski definition) is 1. The Morgan fingerprint density at radius 3 is 2.81 bits per heavy atom. The summed E-state index contributed by atoms with van der Waals surface area (Å²) < 4.78 is 3.52. The first-order valence-corrected chi connectivity index (χ1v) is 9.53. The molecule has 0 aromatic carbocycles. The standard InChI is InChI=1S/C18H23N7O2/c1-23-7-4-13(22-23)17(27)24-8-5-18(10-24)6-9-25-15(19-11-20-25)14(18)21-16(26)12-2-3-12/h4,7,11-12,14H,2-3,5-6,8-10H2,1H3,(H,21,26)/t14-,18+/m0/s1. The maximum absolute atomic E-state index is 12.9. The van der Waals surface area contributed by atoms with Gasteiger partial charge in [-0.1, -0.05) is 0 Å². The lowest BCUT2D eigenvalue weighted by Crippen LogP contribution is -2.48. The molecule has 142 valence electrons. The van der Waals surface area contributed by atoms with Gasteiger partial charge in [-0.25, -0.2) is 9.67 Å². The van der Waals surface area contributed by atoms with Gasteiger partial charge in [0.05, 0.1) is 6.04 Å². The normalized spacial score (nSPS) is 27.0. The van der Waals surface area contributed by atoms with E-state index >= 15 is 0 Å². The fraction of sp³-hybridized carbons (Fsp3) is 0.611. The first-order chi connectivity index (χ1) is 13.1. The summed E-state index contributed by atoms with van der Waals surface area (Å²) in [6.45, 7) is 2.03. The number of aromatic nitrogens is 5. The minimum atomic E-state index is -0.205. The van der Waals surface area contributed by atoms with Crippen molar-refractivity contribution in [3.63, 3.8) is 0 Å². The fourth-order valence-corrected chi connectivity index (χ4v) is 4.44. The van der Waals surface area contributed by atoms with E-state index < -0.39 is 0 Å². The number of carbonyl (C=O) groups excluding carboxylic acids is 2. The molecule has 1 N–H and O–H groups in total. The van der Waals surface area contributed by atoms with Gasteiger partial charge in [0.2, 0.25) is 5.91 Å². The van der Waals surface area contributed by atoms with Crippen molar-refractivity contribution in [1.82, 2.24) is 34.8 Å². The number of nitrogens with zero attached hydrogens (tertiary/aromatic N) is 6. The predicted molar refractivity (Wildman–Crippen MR) is 94.4 cm³/mol. The molecule has 2 amide bonds. The third-order valence-electron chi connectivity index (χ3n) is 6.18. The zero-order valence-electron chi connectivity index (χ0n) is 15.3. The first-order valence-electron chi connectivity index (χ1n) is 9.53. The maximum atomic E-state index is 12.9. The SMILES string of the molecule is Cn1ccc(C(=O)N2CC[C@@]3(CCn4ncnc4[C@@H]3NC(=O)C3CC3)C2)n1. The maximum Gasteiger partial charge on any atom is 0.274 e. The molecule has 0 bridgehead atoms. The van der Waals surface area contributed by atoms with Crippen molar-refractivity contribution in [2.24, 2.45) is 18.4 Å². The van der Waals surface area contributed by atoms with Crippen molar-refractivity contribution < 1.29 is 9.59 Å². The Kier molecular flexibility index (Phi) is 3.60. The minimum absolute atomic E-state index is 0.0493. The highest BCUT2D eigenvalue weighted by molar-refractivity contribution is 5.92. The quantitative estimate of drug-likeness (QED) is 0.850. The second kappa shape index (κ2) is 5.90. The van der Waals surface area contributed by atoms with Crippen molar-refractivity contribution >= 4 is 11.8 Å². The summed E-state index contributed by atoms with van der Waals surface area (Å²) in [7, 11) is 1.81. The molecule has 3 aliphatic rings. The van der Waals surface area contributed by atoms with Crippen molar-refractivity contribution in [3.8, 4) is 0 Å². The van der Waals surface area contributed by atoms with Gasteiger partial charge < -0.3 is 10.2 Å². The Morgan fingerprint density at radius 1 is 1.26 bits per heavy atom. The highest BCUT2D eigenvalue weighted by atomic mass is 16.2. The number of rotatable bonds is 3. The summed E-state index contributed by atoms with van der Waals surface area (Å²) >= 11 is 0. The van der Waals surface area contributed by atoms with Crippen LogP contribution in [0.4, 0.5) is 0 Å². The van der Waals surface area contributed by atoms with Crippen LogP contribution in [0.15, 0.2) is 18.6 Å². The number of carbonyl (C=O) groups is 2. The first kappa shape index (κ1) is 16.5. The van der Waals surface area contributed by atoms with Crippen LogP contribution in [0.2, 0.25) is 0 Å². The molecule has 1 aliphatic carbocycles. The third kappa shape index (κ3) is 2.72. The lowest BCUT2D eigenvalue weighted by Gasteiger charge is -2.40. The Labute approximate surface area is 156 Å². The van der Waals surface area contributed by atoms with Crippen LogP contribution in [0.5, 0.6) is 0 Å². The van der Waals surface area contributed by atoms with Gasteiger partial charge >= 0.3 is 0 Å². The fourth-order valence-electron chi connectivity index (χ4n) is 4.44. The van der Waals surface area contributed by atoms with E-state index in [9.17, 15) is 9.59 Å². The summed E-state index contributed by atoms with van der Waals surface area (Å²) in [6.07, 6.45) is 6.96. The molecule has 2 atom stereocenters. The Morgan fingerprint density at radius 2 is 2.07 bits per heavy atom. The molecule has 1 saturated heterocycles. The molecule has 9 nitrogen and oxygen atoms in total. The van der Waals surface area contributed by atoms with Gasteiger partial charge in [-0.2, -0.15) is 10.2 Å². The Hall–Kier alpha value is -2.71. The molecule has 5 rings (SSSR count). The minimum Gasteiger partial charge on any atom is -0.345 e. The van der Waals surface area contributed by atoms with Crippen molar-refractivity contribution in [2.75, 3.05) is 13.1 Å². The van der Waals surface area contributed by atoms with Gasteiger partial charge in [-0.05, 0) is 31.7 Å². The van der Waals surface area contributed by atoms with E-state index in [1.165, 1.54) is 0 Å². The van der Waals surface area contributed by atoms with Crippen molar-refractivity contribution in [1.29, 1.82) is 0 Å². The number of amides is 2. The van der Waals surface area contributed by atoms with E-state index in [-0.39, 0.29) is 29.2 Å². The van der Waals surface area contributed by atoms with Gasteiger partial charge in [-0.3, -0.25) is 14.3 Å². The van der Waals surface area contributed by atoms with E-state index in [4.69, 9.17) is 0 Å². The average molecular weight is 369 g/mol. The third-order valence-corrected chi connectivity index (χ3v) is 6.18. The molecule has 27 heavy (non-hydrogen) atoms. The molecule has 2 aliphatic heterocycles. The number of fused-ring (bicyclic) bond motifs is 1. The molecule has 9 heteroatoms. The lowest BCUT2D eigenvalue weighted by atomic mass is 9.74. The molecule has 0 unspecified atom stereocenters.